The molecule has 4 heterocycles. The molecule has 0 saturated carbocycles. The van der Waals surface area contributed by atoms with Gasteiger partial charge in [-0.1, -0.05) is 0 Å². The molecule has 34 heavy (non-hydrogen) atoms. The molecular weight excluding hydrogens is 484 g/mol. The zero-order chi connectivity index (χ0) is 24.4. The number of carboxylic acid groups (broad SMARTS) is 1. The maximum absolute atomic E-state index is 13.4. The molecule has 4 amide bonds. The van der Waals surface area contributed by atoms with Crippen molar-refractivity contribution >= 4 is 68.0 Å². The van der Waals surface area contributed by atoms with E-state index >= 15 is 0 Å². The SMILES string of the molecule is O=C[C@H](CC(=O)O)NC(=O)[C@@H]1CCCN2C(=O)CC[C@H](NC(=O)c3cc4ccsc4s3)C(=O)N12. The average Bonchev–Trinajstić information content (AvgIpc) is 3.39. The summed E-state index contributed by atoms with van der Waals surface area (Å²) in [7, 11) is 0. The van der Waals surface area contributed by atoms with Crippen molar-refractivity contribution in [3.63, 3.8) is 0 Å². The predicted octanol–water partition coefficient (Wildman–Crippen LogP) is 0.748. The number of aldehydes is 1. The van der Waals surface area contributed by atoms with Crippen molar-refractivity contribution in [3.8, 4) is 0 Å². The highest BCUT2D eigenvalue weighted by Gasteiger charge is 2.45. The maximum atomic E-state index is 13.4. The molecule has 0 aliphatic carbocycles. The van der Waals surface area contributed by atoms with Gasteiger partial charge in [0.15, 0.2) is 0 Å². The molecule has 2 aromatic heterocycles. The first-order valence-corrected chi connectivity index (χ1v) is 12.4. The van der Waals surface area contributed by atoms with Crippen molar-refractivity contribution < 1.29 is 33.9 Å². The summed E-state index contributed by atoms with van der Waals surface area (Å²) in [5, 5.41) is 19.1. The third kappa shape index (κ3) is 4.80. The summed E-state index contributed by atoms with van der Waals surface area (Å²) < 4.78 is 0.984. The number of aliphatic carboxylic acids is 1. The molecule has 11 nitrogen and oxygen atoms in total. The molecule has 3 atom stereocenters. The Morgan fingerprint density at radius 2 is 2.06 bits per heavy atom. The molecule has 2 aromatic rings. The van der Waals surface area contributed by atoms with Crippen molar-refractivity contribution in [2.24, 2.45) is 0 Å². The zero-order valence-electron chi connectivity index (χ0n) is 17.9. The Balaban J connectivity index is 1.53. The highest BCUT2D eigenvalue weighted by molar-refractivity contribution is 7.38. The van der Waals surface area contributed by atoms with Gasteiger partial charge in [0.2, 0.25) is 11.8 Å². The number of hydrogen-bond donors (Lipinski definition) is 3. The molecule has 2 fully saturated rings. The number of carboxylic acids is 1. The summed E-state index contributed by atoms with van der Waals surface area (Å²) in [6, 6.07) is 0.251. The topological polar surface area (TPSA) is 153 Å². The van der Waals surface area contributed by atoms with Crippen LogP contribution in [0.3, 0.4) is 0 Å². The number of carbonyl (C=O) groups is 6. The average molecular weight is 507 g/mol. The van der Waals surface area contributed by atoms with Crippen molar-refractivity contribution in [1.29, 1.82) is 0 Å². The normalized spacial score (nSPS) is 21.5. The third-order valence-corrected chi connectivity index (χ3v) is 7.93. The van der Waals surface area contributed by atoms with E-state index < -0.39 is 48.2 Å². The van der Waals surface area contributed by atoms with Crippen LogP contribution in [0.1, 0.15) is 41.8 Å². The lowest BCUT2D eigenvalue weighted by Crippen LogP contribution is -2.64. The quantitative estimate of drug-likeness (QED) is 0.468. The fourth-order valence-electron chi connectivity index (χ4n) is 4.11. The van der Waals surface area contributed by atoms with Gasteiger partial charge in [-0.25, -0.2) is 5.01 Å². The molecule has 0 bridgehead atoms. The molecule has 13 heteroatoms. The number of hydrazine groups is 1. The summed E-state index contributed by atoms with van der Waals surface area (Å²) >= 11 is 2.82. The largest absolute Gasteiger partial charge is 0.481 e. The second-order valence-electron chi connectivity index (χ2n) is 8.05. The van der Waals surface area contributed by atoms with Gasteiger partial charge in [-0.05, 0) is 36.8 Å². The Morgan fingerprint density at radius 1 is 1.26 bits per heavy atom. The molecule has 0 spiro atoms. The lowest BCUT2D eigenvalue weighted by molar-refractivity contribution is -0.176. The Labute approximate surface area is 201 Å². The fourth-order valence-corrected chi connectivity index (χ4v) is 6.13. The molecule has 180 valence electrons. The maximum Gasteiger partial charge on any atom is 0.305 e. The van der Waals surface area contributed by atoms with E-state index in [9.17, 15) is 28.8 Å². The minimum absolute atomic E-state index is 0.0109. The first-order valence-electron chi connectivity index (χ1n) is 10.7. The van der Waals surface area contributed by atoms with Gasteiger partial charge in [0.25, 0.3) is 11.8 Å². The van der Waals surface area contributed by atoms with Gasteiger partial charge in [-0.3, -0.25) is 29.0 Å². The van der Waals surface area contributed by atoms with E-state index in [1.807, 2.05) is 11.4 Å². The number of amides is 4. The second-order valence-corrected chi connectivity index (χ2v) is 10.3. The van der Waals surface area contributed by atoms with Crippen molar-refractivity contribution in [3.05, 3.63) is 22.4 Å². The lowest BCUT2D eigenvalue weighted by Gasteiger charge is -2.43. The van der Waals surface area contributed by atoms with Crippen LogP contribution in [0, 0.1) is 0 Å². The van der Waals surface area contributed by atoms with E-state index in [0.717, 1.165) is 14.4 Å². The fraction of sp³-hybridized carbons (Fsp3) is 0.429. The number of nitrogens with one attached hydrogen (secondary N) is 2. The summed E-state index contributed by atoms with van der Waals surface area (Å²) in [5.74, 6) is -3.38. The number of nitrogens with zero attached hydrogens (tertiary/aromatic N) is 2. The number of fused-ring (bicyclic) bond motifs is 2. The van der Waals surface area contributed by atoms with E-state index in [4.69, 9.17) is 5.11 Å². The first kappa shape index (κ1) is 23.8. The smallest absolute Gasteiger partial charge is 0.305 e. The summed E-state index contributed by atoms with van der Waals surface area (Å²) in [4.78, 5) is 74.5. The van der Waals surface area contributed by atoms with Gasteiger partial charge in [0.1, 0.15) is 18.4 Å². The Kier molecular flexibility index (Phi) is 6.93. The number of hydrogen-bond acceptors (Lipinski definition) is 8. The molecule has 4 rings (SSSR count). The van der Waals surface area contributed by atoms with E-state index in [1.54, 1.807) is 6.07 Å². The van der Waals surface area contributed by atoms with Crippen molar-refractivity contribution in [2.75, 3.05) is 6.54 Å². The molecule has 0 radical (unpaired) electrons. The van der Waals surface area contributed by atoms with E-state index in [2.05, 4.69) is 10.6 Å². The molecule has 2 saturated heterocycles. The summed E-state index contributed by atoms with van der Waals surface area (Å²) in [6.07, 6.45) is 0.479. The Bertz CT molecular complexity index is 1130. The third-order valence-electron chi connectivity index (χ3n) is 5.73. The van der Waals surface area contributed by atoms with Gasteiger partial charge in [-0.2, -0.15) is 0 Å². The van der Waals surface area contributed by atoms with E-state index in [-0.39, 0.29) is 31.7 Å². The van der Waals surface area contributed by atoms with Crippen LogP contribution >= 0.6 is 22.7 Å². The minimum Gasteiger partial charge on any atom is -0.481 e. The molecule has 0 aromatic carbocycles. The minimum atomic E-state index is -1.26. The lowest BCUT2D eigenvalue weighted by atomic mass is 10.0. The zero-order valence-corrected chi connectivity index (χ0v) is 19.5. The van der Waals surface area contributed by atoms with Gasteiger partial charge in [0, 0.05) is 18.4 Å². The summed E-state index contributed by atoms with van der Waals surface area (Å²) in [6.45, 7) is 0.239. The van der Waals surface area contributed by atoms with Crippen LogP contribution in [0.15, 0.2) is 17.5 Å². The number of rotatable bonds is 7. The van der Waals surface area contributed by atoms with Crippen molar-refractivity contribution in [1.82, 2.24) is 20.7 Å². The van der Waals surface area contributed by atoms with Crippen LogP contribution in [0.25, 0.3) is 9.40 Å². The van der Waals surface area contributed by atoms with Crippen LogP contribution < -0.4 is 10.6 Å². The number of thiophene rings is 2. The van der Waals surface area contributed by atoms with Gasteiger partial charge in [0.05, 0.1) is 21.4 Å². The van der Waals surface area contributed by atoms with Crippen LogP contribution in [-0.4, -0.2) is 75.7 Å². The van der Waals surface area contributed by atoms with Crippen LogP contribution in [0.4, 0.5) is 0 Å². The highest BCUT2D eigenvalue weighted by Crippen LogP contribution is 2.31. The van der Waals surface area contributed by atoms with Crippen LogP contribution in [0.2, 0.25) is 0 Å². The van der Waals surface area contributed by atoms with E-state index in [1.165, 1.54) is 27.7 Å². The summed E-state index contributed by atoms with van der Waals surface area (Å²) in [5.41, 5.74) is 0. The van der Waals surface area contributed by atoms with Crippen LogP contribution in [0.5, 0.6) is 0 Å². The highest BCUT2D eigenvalue weighted by atomic mass is 32.2. The van der Waals surface area contributed by atoms with Crippen molar-refractivity contribution in [2.45, 2.75) is 50.2 Å². The van der Waals surface area contributed by atoms with E-state index in [0.29, 0.717) is 17.6 Å². The van der Waals surface area contributed by atoms with Gasteiger partial charge in [-0.15, -0.1) is 22.7 Å². The molecule has 2 aliphatic rings. The monoisotopic (exact) mass is 506 g/mol. The van der Waals surface area contributed by atoms with Crippen LogP contribution in [-0.2, 0) is 24.0 Å². The molecule has 3 N–H and O–H groups in total. The molecular formula is C21H22N4O7S2. The first-order chi connectivity index (χ1) is 16.3. The van der Waals surface area contributed by atoms with Gasteiger partial charge >= 0.3 is 5.97 Å². The number of carbonyl (C=O) groups excluding carboxylic acids is 5. The predicted molar refractivity (Wildman–Crippen MR) is 122 cm³/mol. The van der Waals surface area contributed by atoms with Gasteiger partial charge < -0.3 is 20.5 Å². The second kappa shape index (κ2) is 9.89. The standard InChI is InChI=1S/C21H22N4O7S2/c26-10-12(9-17(28)29)22-18(30)14-2-1-6-24-16(27)4-3-13(20(32)25(14)24)23-19(31)15-8-11-5-7-33-21(11)34-15/h5,7-8,10,12-14H,1-4,6,9H2,(H,22,30)(H,23,31)(H,28,29)/t12-,13-,14-/m0/s1. The Morgan fingerprint density at radius 3 is 2.76 bits per heavy atom. The molecule has 2 aliphatic heterocycles. The molecule has 0 unspecified atom stereocenters. The Hall–Kier alpha value is -3.32.